The van der Waals surface area contributed by atoms with E-state index in [1.165, 1.54) is 0 Å². The van der Waals surface area contributed by atoms with E-state index in [1.807, 2.05) is 0 Å². The number of hydrogen-bond donors (Lipinski definition) is 1. The molecule has 0 aromatic heterocycles. The lowest BCUT2D eigenvalue weighted by molar-refractivity contribution is -0.0147. The Kier molecular flexibility index (Phi) is 3.83. The molecule has 3 nitrogen and oxygen atoms in total. The first kappa shape index (κ1) is 8.97. The second kappa shape index (κ2) is 4.70. The third-order valence-electron chi connectivity index (χ3n) is 1.97. The van der Waals surface area contributed by atoms with Crippen LogP contribution in [-0.2, 0) is 9.47 Å². The van der Waals surface area contributed by atoms with Gasteiger partial charge in [-0.15, -0.1) is 0 Å². The highest BCUT2D eigenvalue weighted by atomic mass is 16.5. The fourth-order valence-electron chi connectivity index (χ4n) is 1.15. The van der Waals surface area contributed by atoms with Crippen LogP contribution in [0.3, 0.4) is 0 Å². The van der Waals surface area contributed by atoms with Crippen LogP contribution in [0.15, 0.2) is 0 Å². The van der Waals surface area contributed by atoms with Gasteiger partial charge in [0.25, 0.3) is 0 Å². The second-order valence-electron chi connectivity index (χ2n) is 2.96. The van der Waals surface area contributed by atoms with E-state index >= 15 is 0 Å². The Labute approximate surface area is 68.1 Å². The van der Waals surface area contributed by atoms with E-state index in [0.29, 0.717) is 12.1 Å². The molecule has 0 bridgehead atoms. The van der Waals surface area contributed by atoms with Gasteiger partial charge < -0.3 is 14.8 Å². The largest absolute Gasteiger partial charge is 0.383 e. The molecule has 0 radical (unpaired) electrons. The highest BCUT2D eigenvalue weighted by molar-refractivity contribution is 4.77. The fraction of sp³-hybridized carbons (Fsp3) is 1.00. The van der Waals surface area contributed by atoms with Crippen molar-refractivity contribution in [2.24, 2.45) is 0 Å². The lowest BCUT2D eigenvalue weighted by Gasteiger charge is -2.30. The van der Waals surface area contributed by atoms with Gasteiger partial charge in [-0.3, -0.25) is 0 Å². The lowest BCUT2D eigenvalue weighted by Crippen LogP contribution is -2.51. The zero-order chi connectivity index (χ0) is 8.10. The summed E-state index contributed by atoms with van der Waals surface area (Å²) in [5.74, 6) is 0. The minimum absolute atomic E-state index is 0.494. The molecule has 1 atom stereocenters. The fourth-order valence-corrected chi connectivity index (χ4v) is 1.15. The average Bonchev–Trinajstić information content (AvgIpc) is 1.94. The molecule has 1 heterocycles. The van der Waals surface area contributed by atoms with E-state index in [4.69, 9.17) is 9.47 Å². The van der Waals surface area contributed by atoms with Gasteiger partial charge >= 0.3 is 0 Å². The monoisotopic (exact) mass is 159 g/mol. The summed E-state index contributed by atoms with van der Waals surface area (Å²) in [5.41, 5.74) is 0. The van der Waals surface area contributed by atoms with Crippen molar-refractivity contribution in [2.45, 2.75) is 25.4 Å². The van der Waals surface area contributed by atoms with E-state index in [9.17, 15) is 0 Å². The maximum absolute atomic E-state index is 5.06. The SMILES string of the molecule is CCC(COC)NC1COC1. The molecule has 1 saturated heterocycles. The van der Waals surface area contributed by atoms with Gasteiger partial charge in [0.15, 0.2) is 0 Å². The van der Waals surface area contributed by atoms with Crippen molar-refractivity contribution >= 4 is 0 Å². The van der Waals surface area contributed by atoms with Crippen LogP contribution in [0.25, 0.3) is 0 Å². The number of rotatable bonds is 5. The van der Waals surface area contributed by atoms with Gasteiger partial charge in [-0.1, -0.05) is 6.92 Å². The minimum atomic E-state index is 0.494. The lowest BCUT2D eigenvalue weighted by atomic mass is 10.2. The zero-order valence-electron chi connectivity index (χ0n) is 7.30. The summed E-state index contributed by atoms with van der Waals surface area (Å²) in [4.78, 5) is 0. The molecule has 66 valence electrons. The predicted octanol–water partition coefficient (Wildman–Crippen LogP) is 0.400. The first-order chi connectivity index (χ1) is 5.36. The summed E-state index contributed by atoms with van der Waals surface area (Å²) in [5, 5.41) is 3.45. The van der Waals surface area contributed by atoms with Crippen molar-refractivity contribution in [2.75, 3.05) is 26.9 Å². The molecule has 1 aliphatic heterocycles. The number of methoxy groups -OCH3 is 1. The zero-order valence-corrected chi connectivity index (χ0v) is 7.30. The minimum Gasteiger partial charge on any atom is -0.383 e. The van der Waals surface area contributed by atoms with Crippen LogP contribution in [-0.4, -0.2) is 39.0 Å². The molecule has 1 aliphatic rings. The molecule has 1 unspecified atom stereocenters. The van der Waals surface area contributed by atoms with Crippen LogP contribution >= 0.6 is 0 Å². The molecular formula is C8H17NO2. The summed E-state index contributed by atoms with van der Waals surface area (Å²) in [6, 6.07) is 1.06. The first-order valence-corrected chi connectivity index (χ1v) is 4.19. The van der Waals surface area contributed by atoms with Gasteiger partial charge in [0.2, 0.25) is 0 Å². The second-order valence-corrected chi connectivity index (χ2v) is 2.96. The Morgan fingerprint density at radius 3 is 2.73 bits per heavy atom. The molecule has 1 rings (SSSR count). The molecule has 0 aromatic carbocycles. The Hall–Kier alpha value is -0.120. The van der Waals surface area contributed by atoms with E-state index in [2.05, 4.69) is 12.2 Å². The number of hydrogen-bond acceptors (Lipinski definition) is 3. The maximum atomic E-state index is 5.06. The summed E-state index contributed by atoms with van der Waals surface area (Å²) in [6.07, 6.45) is 1.12. The smallest absolute Gasteiger partial charge is 0.0643 e. The summed E-state index contributed by atoms with van der Waals surface area (Å²) < 4.78 is 10.1. The molecule has 0 amide bonds. The van der Waals surface area contributed by atoms with E-state index < -0.39 is 0 Å². The van der Waals surface area contributed by atoms with Gasteiger partial charge in [0.05, 0.1) is 25.9 Å². The maximum Gasteiger partial charge on any atom is 0.0643 e. The quantitative estimate of drug-likeness (QED) is 0.630. The van der Waals surface area contributed by atoms with Crippen molar-refractivity contribution in [3.8, 4) is 0 Å². The van der Waals surface area contributed by atoms with Crippen LogP contribution in [0.5, 0.6) is 0 Å². The molecule has 1 N–H and O–H groups in total. The van der Waals surface area contributed by atoms with Gasteiger partial charge in [-0.05, 0) is 6.42 Å². The first-order valence-electron chi connectivity index (χ1n) is 4.19. The van der Waals surface area contributed by atoms with Crippen LogP contribution in [0.2, 0.25) is 0 Å². The number of ether oxygens (including phenoxy) is 2. The van der Waals surface area contributed by atoms with Crippen LogP contribution < -0.4 is 5.32 Å². The number of nitrogens with one attached hydrogen (secondary N) is 1. The summed E-state index contributed by atoms with van der Waals surface area (Å²) >= 11 is 0. The van der Waals surface area contributed by atoms with Gasteiger partial charge in [-0.25, -0.2) is 0 Å². The Bertz CT molecular complexity index is 104. The van der Waals surface area contributed by atoms with Crippen molar-refractivity contribution in [1.82, 2.24) is 5.32 Å². The summed E-state index contributed by atoms with van der Waals surface area (Å²) in [7, 11) is 1.74. The Morgan fingerprint density at radius 2 is 2.36 bits per heavy atom. The van der Waals surface area contributed by atoms with Crippen molar-refractivity contribution in [3.05, 3.63) is 0 Å². The van der Waals surface area contributed by atoms with Crippen molar-refractivity contribution < 1.29 is 9.47 Å². The molecule has 0 aliphatic carbocycles. The third-order valence-corrected chi connectivity index (χ3v) is 1.97. The highest BCUT2D eigenvalue weighted by Crippen LogP contribution is 2.02. The Morgan fingerprint density at radius 1 is 1.64 bits per heavy atom. The standard InChI is InChI=1S/C8H17NO2/c1-3-7(4-10-2)9-8-5-11-6-8/h7-9H,3-6H2,1-2H3. The molecular weight excluding hydrogens is 142 g/mol. The van der Waals surface area contributed by atoms with E-state index in [1.54, 1.807) is 7.11 Å². The van der Waals surface area contributed by atoms with Crippen molar-refractivity contribution in [1.29, 1.82) is 0 Å². The molecule has 0 saturated carbocycles. The Balaban J connectivity index is 2.08. The van der Waals surface area contributed by atoms with Crippen molar-refractivity contribution in [3.63, 3.8) is 0 Å². The average molecular weight is 159 g/mol. The van der Waals surface area contributed by atoms with Gasteiger partial charge in [0.1, 0.15) is 0 Å². The van der Waals surface area contributed by atoms with Crippen LogP contribution in [0.4, 0.5) is 0 Å². The highest BCUT2D eigenvalue weighted by Gasteiger charge is 2.20. The van der Waals surface area contributed by atoms with Crippen LogP contribution in [0.1, 0.15) is 13.3 Å². The normalized spacial score (nSPS) is 21.3. The van der Waals surface area contributed by atoms with Crippen LogP contribution in [0, 0.1) is 0 Å². The van der Waals surface area contributed by atoms with Gasteiger partial charge in [-0.2, -0.15) is 0 Å². The molecule has 11 heavy (non-hydrogen) atoms. The molecule has 3 heteroatoms. The van der Waals surface area contributed by atoms with E-state index in [-0.39, 0.29) is 0 Å². The summed E-state index contributed by atoms with van der Waals surface area (Å²) in [6.45, 7) is 4.68. The predicted molar refractivity (Wildman–Crippen MR) is 43.7 cm³/mol. The third kappa shape index (κ3) is 2.77. The topological polar surface area (TPSA) is 30.5 Å². The van der Waals surface area contributed by atoms with E-state index in [0.717, 1.165) is 26.2 Å². The molecule has 0 spiro atoms. The molecule has 1 fully saturated rings. The molecule has 0 aromatic rings. The van der Waals surface area contributed by atoms with Gasteiger partial charge in [0, 0.05) is 13.2 Å².